The van der Waals surface area contributed by atoms with Gasteiger partial charge in [-0.25, -0.2) is 9.78 Å². The zero-order chi connectivity index (χ0) is 12.3. The first-order valence-corrected chi connectivity index (χ1v) is 5.81. The molecule has 0 spiro atoms. The SMILES string of the molecule is COC(=O)c1cnc(NC2CCCC2)c(N)c1. The summed E-state index contributed by atoms with van der Waals surface area (Å²) in [4.78, 5) is 15.5. The maximum atomic E-state index is 11.3. The van der Waals surface area contributed by atoms with Crippen LogP contribution in [0.3, 0.4) is 0 Å². The normalized spacial score (nSPS) is 15.8. The molecule has 1 fully saturated rings. The molecule has 92 valence electrons. The number of ether oxygens (including phenoxy) is 1. The first-order valence-electron chi connectivity index (χ1n) is 5.81. The van der Waals surface area contributed by atoms with Gasteiger partial charge in [0, 0.05) is 12.2 Å². The summed E-state index contributed by atoms with van der Waals surface area (Å²) >= 11 is 0. The van der Waals surface area contributed by atoms with Crippen LogP contribution in [0.15, 0.2) is 12.3 Å². The number of rotatable bonds is 3. The van der Waals surface area contributed by atoms with Gasteiger partial charge in [-0.15, -0.1) is 0 Å². The molecule has 0 aromatic carbocycles. The summed E-state index contributed by atoms with van der Waals surface area (Å²) in [5.41, 5.74) is 6.72. The van der Waals surface area contributed by atoms with Crippen molar-refractivity contribution in [1.29, 1.82) is 0 Å². The minimum atomic E-state index is -0.420. The van der Waals surface area contributed by atoms with E-state index in [1.54, 1.807) is 6.07 Å². The van der Waals surface area contributed by atoms with E-state index in [9.17, 15) is 4.79 Å². The van der Waals surface area contributed by atoms with Gasteiger partial charge in [-0.1, -0.05) is 12.8 Å². The van der Waals surface area contributed by atoms with Crippen LogP contribution in [0.5, 0.6) is 0 Å². The van der Waals surface area contributed by atoms with Gasteiger partial charge in [-0.2, -0.15) is 0 Å². The lowest BCUT2D eigenvalue weighted by molar-refractivity contribution is 0.0600. The highest BCUT2D eigenvalue weighted by atomic mass is 16.5. The molecular weight excluding hydrogens is 218 g/mol. The van der Waals surface area contributed by atoms with Crippen LogP contribution in [0.4, 0.5) is 11.5 Å². The van der Waals surface area contributed by atoms with Crippen LogP contribution in [-0.4, -0.2) is 24.1 Å². The smallest absolute Gasteiger partial charge is 0.339 e. The van der Waals surface area contributed by atoms with Gasteiger partial charge in [0.25, 0.3) is 0 Å². The molecule has 3 N–H and O–H groups in total. The van der Waals surface area contributed by atoms with Crippen LogP contribution >= 0.6 is 0 Å². The topological polar surface area (TPSA) is 77.2 Å². The van der Waals surface area contributed by atoms with E-state index in [-0.39, 0.29) is 0 Å². The summed E-state index contributed by atoms with van der Waals surface area (Å²) in [6, 6.07) is 2.05. The number of nitrogens with zero attached hydrogens (tertiary/aromatic N) is 1. The zero-order valence-corrected chi connectivity index (χ0v) is 9.90. The molecule has 1 aliphatic rings. The lowest BCUT2D eigenvalue weighted by Crippen LogP contribution is -2.17. The van der Waals surface area contributed by atoms with Gasteiger partial charge in [-0.05, 0) is 18.9 Å². The average molecular weight is 235 g/mol. The Labute approximate surface area is 100 Å². The number of hydrogen-bond donors (Lipinski definition) is 2. The molecule has 1 aliphatic carbocycles. The van der Waals surface area contributed by atoms with E-state index in [4.69, 9.17) is 5.73 Å². The molecule has 1 aromatic rings. The number of nitrogen functional groups attached to an aromatic ring is 1. The van der Waals surface area contributed by atoms with E-state index in [0.29, 0.717) is 23.1 Å². The molecule has 1 aromatic heterocycles. The third kappa shape index (κ3) is 2.67. The highest BCUT2D eigenvalue weighted by Crippen LogP contribution is 2.24. The maximum absolute atomic E-state index is 11.3. The number of carbonyl (C=O) groups is 1. The summed E-state index contributed by atoms with van der Waals surface area (Å²) in [6.45, 7) is 0. The minimum Gasteiger partial charge on any atom is -0.465 e. The van der Waals surface area contributed by atoms with Crippen LogP contribution in [0, 0.1) is 0 Å². The third-order valence-electron chi connectivity index (χ3n) is 3.03. The first-order chi connectivity index (χ1) is 8.20. The second-order valence-corrected chi connectivity index (χ2v) is 4.28. The van der Waals surface area contributed by atoms with Gasteiger partial charge in [0.1, 0.15) is 5.82 Å². The van der Waals surface area contributed by atoms with Crippen molar-refractivity contribution >= 4 is 17.5 Å². The Morgan fingerprint density at radius 3 is 2.82 bits per heavy atom. The maximum Gasteiger partial charge on any atom is 0.339 e. The van der Waals surface area contributed by atoms with Crippen LogP contribution in [0.25, 0.3) is 0 Å². The van der Waals surface area contributed by atoms with Crippen molar-refractivity contribution in [2.24, 2.45) is 0 Å². The quantitative estimate of drug-likeness (QED) is 0.781. The zero-order valence-electron chi connectivity index (χ0n) is 9.90. The summed E-state index contributed by atoms with van der Waals surface area (Å²) in [5, 5.41) is 3.31. The van der Waals surface area contributed by atoms with Crippen molar-refractivity contribution in [2.45, 2.75) is 31.7 Å². The van der Waals surface area contributed by atoms with Gasteiger partial charge in [0.05, 0.1) is 18.4 Å². The number of pyridine rings is 1. The van der Waals surface area contributed by atoms with Crippen LogP contribution in [0.2, 0.25) is 0 Å². The Hall–Kier alpha value is -1.78. The number of esters is 1. The summed E-state index contributed by atoms with van der Waals surface area (Å²) in [6.07, 6.45) is 6.29. The monoisotopic (exact) mass is 235 g/mol. The average Bonchev–Trinajstić information content (AvgIpc) is 2.83. The summed E-state index contributed by atoms with van der Waals surface area (Å²) < 4.78 is 4.61. The lowest BCUT2D eigenvalue weighted by atomic mass is 10.2. The van der Waals surface area contributed by atoms with Crippen molar-refractivity contribution in [3.63, 3.8) is 0 Å². The predicted molar refractivity (Wildman–Crippen MR) is 65.9 cm³/mol. The molecule has 17 heavy (non-hydrogen) atoms. The van der Waals surface area contributed by atoms with E-state index in [1.807, 2.05) is 0 Å². The number of aromatic nitrogens is 1. The highest BCUT2D eigenvalue weighted by molar-refractivity contribution is 5.90. The molecule has 0 saturated heterocycles. The lowest BCUT2D eigenvalue weighted by Gasteiger charge is -2.14. The van der Waals surface area contributed by atoms with Crippen LogP contribution < -0.4 is 11.1 Å². The molecule has 5 heteroatoms. The summed E-state index contributed by atoms with van der Waals surface area (Å²) in [7, 11) is 1.34. The van der Waals surface area contributed by atoms with E-state index in [1.165, 1.54) is 26.1 Å². The van der Waals surface area contributed by atoms with Crippen LogP contribution in [-0.2, 0) is 4.74 Å². The standard InChI is InChI=1S/C12H17N3O2/c1-17-12(16)8-6-10(13)11(14-7-8)15-9-4-2-3-5-9/h6-7,9H,2-5,13H2,1H3,(H,14,15). The fourth-order valence-electron chi connectivity index (χ4n) is 2.10. The molecular formula is C12H17N3O2. The number of anilines is 2. The van der Waals surface area contributed by atoms with Crippen molar-refractivity contribution in [3.8, 4) is 0 Å². The van der Waals surface area contributed by atoms with E-state index < -0.39 is 5.97 Å². The molecule has 0 radical (unpaired) electrons. The second-order valence-electron chi connectivity index (χ2n) is 4.28. The molecule has 0 unspecified atom stereocenters. The van der Waals surface area contributed by atoms with Gasteiger partial charge >= 0.3 is 5.97 Å². The number of methoxy groups -OCH3 is 1. The van der Waals surface area contributed by atoms with Crippen molar-refractivity contribution in [1.82, 2.24) is 4.98 Å². The second kappa shape index (κ2) is 5.03. The Morgan fingerprint density at radius 2 is 2.24 bits per heavy atom. The molecule has 0 amide bonds. The minimum absolute atomic E-state index is 0.377. The largest absolute Gasteiger partial charge is 0.465 e. The molecule has 1 saturated carbocycles. The van der Waals surface area contributed by atoms with Gasteiger partial charge in [-0.3, -0.25) is 0 Å². The van der Waals surface area contributed by atoms with Gasteiger partial charge < -0.3 is 15.8 Å². The Kier molecular flexibility index (Phi) is 3.46. The van der Waals surface area contributed by atoms with Crippen LogP contribution in [0.1, 0.15) is 36.0 Å². The van der Waals surface area contributed by atoms with Crippen molar-refractivity contribution < 1.29 is 9.53 Å². The number of carbonyl (C=O) groups excluding carboxylic acids is 1. The molecule has 0 aliphatic heterocycles. The predicted octanol–water partition coefficient (Wildman–Crippen LogP) is 1.80. The fourth-order valence-corrected chi connectivity index (χ4v) is 2.10. The van der Waals surface area contributed by atoms with E-state index in [0.717, 1.165) is 12.8 Å². The van der Waals surface area contributed by atoms with Gasteiger partial charge in [0.2, 0.25) is 0 Å². The van der Waals surface area contributed by atoms with Crippen molar-refractivity contribution in [2.75, 3.05) is 18.2 Å². The molecule has 0 bridgehead atoms. The van der Waals surface area contributed by atoms with E-state index >= 15 is 0 Å². The number of nitrogens with two attached hydrogens (primary N) is 1. The molecule has 5 nitrogen and oxygen atoms in total. The fraction of sp³-hybridized carbons (Fsp3) is 0.500. The molecule has 1 heterocycles. The third-order valence-corrected chi connectivity index (χ3v) is 3.03. The Bertz CT molecular complexity index is 414. The molecule has 0 atom stereocenters. The molecule has 2 rings (SSSR count). The Balaban J connectivity index is 2.10. The van der Waals surface area contributed by atoms with E-state index in [2.05, 4.69) is 15.0 Å². The number of hydrogen-bond acceptors (Lipinski definition) is 5. The Morgan fingerprint density at radius 1 is 1.53 bits per heavy atom. The number of nitrogens with one attached hydrogen (secondary N) is 1. The first kappa shape index (κ1) is 11.7. The van der Waals surface area contributed by atoms with Crippen molar-refractivity contribution in [3.05, 3.63) is 17.8 Å². The summed E-state index contributed by atoms with van der Waals surface area (Å²) in [5.74, 6) is 0.237. The highest BCUT2D eigenvalue weighted by Gasteiger charge is 2.17. The van der Waals surface area contributed by atoms with Gasteiger partial charge in [0.15, 0.2) is 0 Å².